The highest BCUT2D eigenvalue weighted by atomic mass is 15.1. The summed E-state index contributed by atoms with van der Waals surface area (Å²) >= 11 is 0. The number of anilines is 6. The second-order valence-corrected chi connectivity index (χ2v) is 13.5. The summed E-state index contributed by atoms with van der Waals surface area (Å²) in [5.74, 6) is 0. The minimum absolute atomic E-state index is 1.11. The summed E-state index contributed by atoms with van der Waals surface area (Å²) in [5, 5.41) is 4.91. The summed E-state index contributed by atoms with van der Waals surface area (Å²) in [6.07, 6.45) is 4.37. The predicted octanol–water partition coefficient (Wildman–Crippen LogP) is 14.8. The van der Waals surface area contributed by atoms with E-state index in [4.69, 9.17) is 0 Å². The molecule has 0 radical (unpaired) electrons. The van der Waals surface area contributed by atoms with Crippen molar-refractivity contribution in [3.63, 3.8) is 0 Å². The lowest BCUT2D eigenvalue weighted by atomic mass is 10.0. The topological polar surface area (TPSA) is 6.48 Å². The van der Waals surface area contributed by atoms with Crippen LogP contribution in [0.5, 0.6) is 0 Å². The minimum Gasteiger partial charge on any atom is -0.311 e. The van der Waals surface area contributed by atoms with E-state index < -0.39 is 0 Å². The van der Waals surface area contributed by atoms with Crippen molar-refractivity contribution in [3.8, 4) is 11.1 Å². The summed E-state index contributed by atoms with van der Waals surface area (Å²) in [6, 6.07) is 78.0. The maximum absolute atomic E-state index is 2.35. The molecule has 0 aliphatic carbocycles. The van der Waals surface area contributed by atoms with Gasteiger partial charge in [-0.05, 0) is 117 Å². The van der Waals surface area contributed by atoms with Crippen LogP contribution in [0.2, 0.25) is 0 Å². The van der Waals surface area contributed by atoms with Crippen LogP contribution < -0.4 is 9.80 Å². The summed E-state index contributed by atoms with van der Waals surface area (Å²) in [4.78, 5) is 4.65. The average Bonchev–Trinajstić information content (AvgIpc) is 3.25. The van der Waals surface area contributed by atoms with E-state index in [9.17, 15) is 0 Å². The van der Waals surface area contributed by atoms with Crippen molar-refractivity contribution < 1.29 is 0 Å². The highest BCUT2D eigenvalue weighted by Gasteiger charge is 2.15. The Labute approximate surface area is 317 Å². The Hall–Kier alpha value is -7.16. The van der Waals surface area contributed by atoms with E-state index in [2.05, 4.69) is 240 Å². The number of hydrogen-bond donors (Lipinski definition) is 0. The van der Waals surface area contributed by atoms with Gasteiger partial charge in [0.05, 0.1) is 0 Å². The van der Waals surface area contributed by atoms with E-state index in [1.54, 1.807) is 0 Å². The van der Waals surface area contributed by atoms with Crippen LogP contribution in [-0.2, 0) is 0 Å². The normalized spacial score (nSPS) is 11.3. The van der Waals surface area contributed by atoms with Crippen molar-refractivity contribution in [2.45, 2.75) is 0 Å². The molecule has 256 valence electrons. The van der Waals surface area contributed by atoms with Gasteiger partial charge < -0.3 is 9.80 Å². The van der Waals surface area contributed by atoms with Gasteiger partial charge in [0.25, 0.3) is 0 Å². The molecule has 0 aliphatic heterocycles. The van der Waals surface area contributed by atoms with Gasteiger partial charge >= 0.3 is 0 Å². The first kappa shape index (κ1) is 32.7. The van der Waals surface area contributed by atoms with E-state index in [0.717, 1.165) is 45.3 Å². The molecule has 0 aliphatic rings. The van der Waals surface area contributed by atoms with Gasteiger partial charge in [-0.25, -0.2) is 0 Å². The van der Waals surface area contributed by atoms with Crippen molar-refractivity contribution in [1.29, 1.82) is 0 Å². The molecular formula is C52H38N2. The van der Waals surface area contributed by atoms with E-state index in [1.165, 1.54) is 32.7 Å². The van der Waals surface area contributed by atoms with Crippen LogP contribution in [0.25, 0.3) is 44.8 Å². The molecular weight excluding hydrogens is 653 g/mol. The van der Waals surface area contributed by atoms with Crippen LogP contribution in [-0.4, -0.2) is 0 Å². The SMILES string of the molecule is C(=C\c1ccc(N(c2ccc3ccccc3c2)c2ccc3ccccc3c2)cc1)/c1ccc(N(c2ccccc2)c2ccc(-c3ccccc3)cc2)cc1. The van der Waals surface area contributed by atoms with Crippen molar-refractivity contribution in [2.24, 2.45) is 0 Å². The number of benzene rings is 9. The molecule has 0 fully saturated rings. The van der Waals surface area contributed by atoms with Crippen LogP contribution in [0.1, 0.15) is 11.1 Å². The third kappa shape index (κ3) is 6.89. The highest BCUT2D eigenvalue weighted by Crippen LogP contribution is 2.38. The summed E-state index contributed by atoms with van der Waals surface area (Å²) in [7, 11) is 0. The van der Waals surface area contributed by atoms with Gasteiger partial charge in [-0.1, -0.05) is 158 Å². The quantitative estimate of drug-likeness (QED) is 0.139. The largest absolute Gasteiger partial charge is 0.311 e. The number of fused-ring (bicyclic) bond motifs is 2. The third-order valence-electron chi connectivity index (χ3n) is 10.0. The lowest BCUT2D eigenvalue weighted by molar-refractivity contribution is 1.28. The van der Waals surface area contributed by atoms with Crippen LogP contribution in [0.4, 0.5) is 34.1 Å². The maximum Gasteiger partial charge on any atom is 0.0468 e. The molecule has 0 unspecified atom stereocenters. The molecule has 0 heterocycles. The predicted molar refractivity (Wildman–Crippen MR) is 232 cm³/mol. The van der Waals surface area contributed by atoms with Gasteiger partial charge in [-0.2, -0.15) is 0 Å². The van der Waals surface area contributed by atoms with Crippen molar-refractivity contribution in [3.05, 3.63) is 230 Å². The zero-order chi connectivity index (χ0) is 36.1. The molecule has 0 saturated carbocycles. The lowest BCUT2D eigenvalue weighted by Crippen LogP contribution is -2.09. The summed E-state index contributed by atoms with van der Waals surface area (Å²) in [5.41, 5.74) is 11.4. The standard InChI is InChI=1S/C52H38N2/c1-3-11-41(12-4-1)44-25-33-50(34-26-44)53(47-17-5-2-6-18-47)48-29-21-39(22-30-48)19-20-40-23-31-49(32-24-40)54(51-35-27-42-13-7-9-15-45(42)37-51)52-36-28-43-14-8-10-16-46(43)38-52/h1-38H/b20-19+. The fourth-order valence-electron chi connectivity index (χ4n) is 7.20. The van der Waals surface area contributed by atoms with E-state index in [1.807, 2.05) is 0 Å². The molecule has 0 atom stereocenters. The van der Waals surface area contributed by atoms with Gasteiger partial charge in [0, 0.05) is 34.1 Å². The number of rotatable bonds is 9. The Kier molecular flexibility index (Phi) is 8.99. The lowest BCUT2D eigenvalue weighted by Gasteiger charge is -2.26. The van der Waals surface area contributed by atoms with Crippen LogP contribution >= 0.6 is 0 Å². The Morgan fingerprint density at radius 1 is 0.241 bits per heavy atom. The van der Waals surface area contributed by atoms with E-state index >= 15 is 0 Å². The van der Waals surface area contributed by atoms with Gasteiger partial charge in [-0.15, -0.1) is 0 Å². The van der Waals surface area contributed by atoms with Gasteiger partial charge in [0.15, 0.2) is 0 Å². The Balaban J connectivity index is 0.982. The van der Waals surface area contributed by atoms with Crippen LogP contribution in [0.15, 0.2) is 218 Å². The zero-order valence-corrected chi connectivity index (χ0v) is 29.8. The molecule has 0 bridgehead atoms. The highest BCUT2D eigenvalue weighted by molar-refractivity contribution is 5.92. The first-order valence-electron chi connectivity index (χ1n) is 18.4. The second kappa shape index (κ2) is 14.8. The smallest absolute Gasteiger partial charge is 0.0468 e. The molecule has 0 amide bonds. The van der Waals surface area contributed by atoms with E-state index in [-0.39, 0.29) is 0 Å². The summed E-state index contributed by atoms with van der Waals surface area (Å²) < 4.78 is 0. The fraction of sp³-hybridized carbons (Fsp3) is 0. The van der Waals surface area contributed by atoms with Crippen molar-refractivity contribution in [2.75, 3.05) is 9.80 Å². The van der Waals surface area contributed by atoms with Crippen molar-refractivity contribution >= 4 is 67.8 Å². The fourth-order valence-corrected chi connectivity index (χ4v) is 7.20. The number of para-hydroxylation sites is 1. The second-order valence-electron chi connectivity index (χ2n) is 13.5. The molecule has 0 saturated heterocycles. The number of hydrogen-bond acceptors (Lipinski definition) is 2. The first-order chi connectivity index (χ1) is 26.7. The third-order valence-corrected chi connectivity index (χ3v) is 10.0. The maximum atomic E-state index is 2.35. The number of nitrogens with zero attached hydrogens (tertiary/aromatic N) is 2. The first-order valence-corrected chi connectivity index (χ1v) is 18.4. The zero-order valence-electron chi connectivity index (χ0n) is 29.8. The Morgan fingerprint density at radius 2 is 0.574 bits per heavy atom. The molecule has 9 rings (SSSR count). The van der Waals surface area contributed by atoms with Crippen LogP contribution in [0.3, 0.4) is 0 Å². The molecule has 2 nitrogen and oxygen atoms in total. The molecule has 9 aromatic carbocycles. The molecule has 2 heteroatoms. The van der Waals surface area contributed by atoms with Gasteiger partial charge in [0.2, 0.25) is 0 Å². The molecule has 0 N–H and O–H groups in total. The van der Waals surface area contributed by atoms with E-state index in [0.29, 0.717) is 0 Å². The molecule has 0 spiro atoms. The van der Waals surface area contributed by atoms with Crippen LogP contribution in [0, 0.1) is 0 Å². The molecule has 0 aromatic heterocycles. The monoisotopic (exact) mass is 690 g/mol. The Bertz CT molecular complexity index is 2600. The van der Waals surface area contributed by atoms with Gasteiger partial charge in [-0.3, -0.25) is 0 Å². The van der Waals surface area contributed by atoms with Crippen molar-refractivity contribution in [1.82, 2.24) is 0 Å². The summed E-state index contributed by atoms with van der Waals surface area (Å²) in [6.45, 7) is 0. The van der Waals surface area contributed by atoms with Gasteiger partial charge in [0.1, 0.15) is 0 Å². The average molecular weight is 691 g/mol. The molecule has 54 heavy (non-hydrogen) atoms. The Morgan fingerprint density at radius 3 is 1.06 bits per heavy atom. The minimum atomic E-state index is 1.11. The molecule has 9 aromatic rings.